The molecular weight excluding hydrogens is 284 g/mol. The summed E-state index contributed by atoms with van der Waals surface area (Å²) in [7, 11) is 0. The second kappa shape index (κ2) is 6.37. The van der Waals surface area contributed by atoms with Gasteiger partial charge in [0, 0.05) is 27.6 Å². The smallest absolute Gasteiger partial charge is 0.0985 e. The summed E-state index contributed by atoms with van der Waals surface area (Å²) < 4.78 is 0. The number of aromatic nitrogens is 1. The molecule has 2 nitrogen and oxygen atoms in total. The van der Waals surface area contributed by atoms with Crippen LogP contribution in [0.5, 0.6) is 0 Å². The molecule has 1 saturated carbocycles. The molecule has 0 bridgehead atoms. The molecular formula is C16H28N2S2. The van der Waals surface area contributed by atoms with Crippen LogP contribution in [0, 0.1) is 6.92 Å². The number of rotatable bonds is 4. The Labute approximate surface area is 132 Å². The van der Waals surface area contributed by atoms with E-state index in [1.54, 1.807) is 0 Å². The molecule has 20 heavy (non-hydrogen) atoms. The fourth-order valence-electron chi connectivity index (χ4n) is 2.87. The van der Waals surface area contributed by atoms with E-state index in [4.69, 9.17) is 4.98 Å². The van der Waals surface area contributed by atoms with E-state index in [1.807, 2.05) is 23.1 Å². The molecule has 0 saturated heterocycles. The topological polar surface area (TPSA) is 24.9 Å². The lowest BCUT2D eigenvalue weighted by Crippen LogP contribution is -2.29. The highest BCUT2D eigenvalue weighted by molar-refractivity contribution is 7.99. The van der Waals surface area contributed by atoms with Crippen LogP contribution in [0.3, 0.4) is 0 Å². The Morgan fingerprint density at radius 2 is 2.05 bits per heavy atom. The number of thiazole rings is 1. The van der Waals surface area contributed by atoms with Gasteiger partial charge >= 0.3 is 0 Å². The third-order valence-electron chi connectivity index (χ3n) is 4.07. The predicted octanol–water partition coefficient (Wildman–Crippen LogP) is 4.68. The fourth-order valence-corrected chi connectivity index (χ4v) is 4.80. The zero-order valence-corrected chi connectivity index (χ0v) is 15.3. The van der Waals surface area contributed by atoms with Gasteiger partial charge in [0.1, 0.15) is 0 Å². The third-order valence-corrected chi connectivity index (χ3v) is 6.93. The number of hydrogen-bond acceptors (Lipinski definition) is 4. The molecule has 1 aromatic heterocycles. The van der Waals surface area contributed by atoms with Gasteiger partial charge in [-0.05, 0) is 39.4 Å². The molecule has 0 radical (unpaired) electrons. The molecule has 114 valence electrons. The molecule has 1 aliphatic carbocycles. The van der Waals surface area contributed by atoms with Crippen LogP contribution in [-0.4, -0.2) is 22.5 Å². The van der Waals surface area contributed by atoms with Crippen molar-refractivity contribution in [3.63, 3.8) is 0 Å². The van der Waals surface area contributed by atoms with Gasteiger partial charge in [-0.15, -0.1) is 11.3 Å². The number of hydrogen-bond donors (Lipinski definition) is 1. The first-order chi connectivity index (χ1) is 9.31. The molecule has 0 aliphatic heterocycles. The second-order valence-corrected chi connectivity index (χ2v) is 9.14. The molecule has 0 aromatic carbocycles. The number of thioether (sulfide) groups is 1. The fraction of sp³-hybridized carbons (Fsp3) is 0.812. The van der Waals surface area contributed by atoms with Crippen LogP contribution in [0.1, 0.15) is 68.6 Å². The van der Waals surface area contributed by atoms with E-state index in [-0.39, 0.29) is 5.41 Å². The van der Waals surface area contributed by atoms with E-state index < -0.39 is 0 Å². The van der Waals surface area contributed by atoms with Crippen LogP contribution in [-0.2, 0) is 5.41 Å². The quantitative estimate of drug-likeness (QED) is 0.873. The Morgan fingerprint density at radius 1 is 1.35 bits per heavy atom. The summed E-state index contributed by atoms with van der Waals surface area (Å²) in [5, 5.41) is 5.93. The highest BCUT2D eigenvalue weighted by Crippen LogP contribution is 2.34. The van der Waals surface area contributed by atoms with Gasteiger partial charge in [-0.1, -0.05) is 20.8 Å². The van der Waals surface area contributed by atoms with Gasteiger partial charge in [-0.25, -0.2) is 4.98 Å². The highest BCUT2D eigenvalue weighted by Gasteiger charge is 2.27. The SMILES string of the molecule is CS[C@@H]1CC[C@H](N[C@@H](C)c2sc(C(C)(C)C)nc2C)C1. The third kappa shape index (κ3) is 3.77. The van der Waals surface area contributed by atoms with Crippen LogP contribution < -0.4 is 5.32 Å². The van der Waals surface area contributed by atoms with E-state index in [1.165, 1.54) is 34.8 Å². The van der Waals surface area contributed by atoms with Gasteiger partial charge in [0.2, 0.25) is 0 Å². The zero-order valence-electron chi connectivity index (χ0n) is 13.6. The Kier molecular flexibility index (Phi) is 5.19. The highest BCUT2D eigenvalue weighted by atomic mass is 32.2. The van der Waals surface area contributed by atoms with Gasteiger partial charge in [-0.3, -0.25) is 0 Å². The largest absolute Gasteiger partial charge is 0.307 e. The van der Waals surface area contributed by atoms with Crippen LogP contribution in [0.4, 0.5) is 0 Å². The zero-order chi connectivity index (χ0) is 14.9. The van der Waals surface area contributed by atoms with Crippen LogP contribution in [0.25, 0.3) is 0 Å². The first-order valence-electron chi connectivity index (χ1n) is 7.58. The standard InChI is InChI=1S/C16H28N2S2/c1-10(17-12-7-8-13(9-12)19-6)14-11(2)18-15(20-14)16(3,4)5/h10,12-13,17H,7-9H2,1-6H3/t10-,12-,13+/m0/s1. The summed E-state index contributed by atoms with van der Waals surface area (Å²) in [5.41, 5.74) is 1.37. The van der Waals surface area contributed by atoms with Gasteiger partial charge in [-0.2, -0.15) is 11.8 Å². The van der Waals surface area contributed by atoms with Crippen molar-refractivity contribution in [3.05, 3.63) is 15.6 Å². The molecule has 4 heteroatoms. The lowest BCUT2D eigenvalue weighted by Gasteiger charge is -2.19. The maximum Gasteiger partial charge on any atom is 0.0985 e. The van der Waals surface area contributed by atoms with Crippen LogP contribution in [0.15, 0.2) is 0 Å². The van der Waals surface area contributed by atoms with Crippen molar-refractivity contribution >= 4 is 23.1 Å². The van der Waals surface area contributed by atoms with Crippen molar-refractivity contribution < 1.29 is 0 Å². The van der Waals surface area contributed by atoms with Gasteiger partial charge in [0.15, 0.2) is 0 Å². The molecule has 0 unspecified atom stereocenters. The summed E-state index contributed by atoms with van der Waals surface area (Å²) in [6, 6.07) is 1.11. The molecule has 1 aromatic rings. The molecule has 0 spiro atoms. The first-order valence-corrected chi connectivity index (χ1v) is 9.68. The van der Waals surface area contributed by atoms with E-state index in [0.717, 1.165) is 5.25 Å². The van der Waals surface area contributed by atoms with Crippen molar-refractivity contribution in [2.24, 2.45) is 0 Å². The molecule has 3 atom stereocenters. The average molecular weight is 313 g/mol. The van der Waals surface area contributed by atoms with Crippen molar-refractivity contribution in [1.82, 2.24) is 10.3 Å². The predicted molar refractivity (Wildman–Crippen MR) is 92.0 cm³/mol. The molecule has 1 N–H and O–H groups in total. The Balaban J connectivity index is 2.03. The Bertz CT molecular complexity index is 448. The number of nitrogens with one attached hydrogen (secondary N) is 1. The molecule has 1 fully saturated rings. The lowest BCUT2D eigenvalue weighted by atomic mass is 9.98. The van der Waals surface area contributed by atoms with Crippen LogP contribution in [0.2, 0.25) is 0 Å². The summed E-state index contributed by atoms with van der Waals surface area (Å²) in [6.07, 6.45) is 6.23. The van der Waals surface area contributed by atoms with Crippen molar-refractivity contribution in [2.45, 2.75) is 76.6 Å². The minimum atomic E-state index is 0.157. The minimum absolute atomic E-state index is 0.157. The first kappa shape index (κ1) is 16.3. The molecule has 1 aliphatic rings. The molecule has 1 heterocycles. The summed E-state index contributed by atoms with van der Waals surface area (Å²) in [4.78, 5) is 6.20. The molecule has 0 amide bonds. The monoisotopic (exact) mass is 312 g/mol. The normalized spacial score (nSPS) is 25.1. The lowest BCUT2D eigenvalue weighted by molar-refractivity contribution is 0.465. The second-order valence-electron chi connectivity index (χ2n) is 6.97. The van der Waals surface area contributed by atoms with E-state index in [9.17, 15) is 0 Å². The summed E-state index contributed by atoms with van der Waals surface area (Å²) in [6.45, 7) is 11.2. The Hall–Kier alpha value is -0.0600. The van der Waals surface area contributed by atoms with Crippen molar-refractivity contribution in [3.8, 4) is 0 Å². The minimum Gasteiger partial charge on any atom is -0.307 e. The number of aryl methyl sites for hydroxylation is 1. The maximum absolute atomic E-state index is 4.78. The van der Waals surface area contributed by atoms with E-state index >= 15 is 0 Å². The van der Waals surface area contributed by atoms with Crippen molar-refractivity contribution in [1.29, 1.82) is 0 Å². The van der Waals surface area contributed by atoms with Gasteiger partial charge < -0.3 is 5.32 Å². The summed E-state index contributed by atoms with van der Waals surface area (Å²) in [5.74, 6) is 0. The average Bonchev–Trinajstić information content (AvgIpc) is 2.94. The molecule has 2 rings (SSSR count). The van der Waals surface area contributed by atoms with Gasteiger partial charge in [0.05, 0.1) is 10.7 Å². The Morgan fingerprint density at radius 3 is 2.55 bits per heavy atom. The van der Waals surface area contributed by atoms with Gasteiger partial charge in [0.25, 0.3) is 0 Å². The van der Waals surface area contributed by atoms with Crippen LogP contribution >= 0.6 is 23.1 Å². The van der Waals surface area contributed by atoms with E-state index in [0.29, 0.717) is 12.1 Å². The number of nitrogens with zero attached hydrogens (tertiary/aromatic N) is 1. The summed E-state index contributed by atoms with van der Waals surface area (Å²) >= 11 is 3.91. The maximum atomic E-state index is 4.78. The van der Waals surface area contributed by atoms with E-state index in [2.05, 4.69) is 46.2 Å². The van der Waals surface area contributed by atoms with Crippen molar-refractivity contribution in [2.75, 3.05) is 6.26 Å².